The third kappa shape index (κ3) is 4.71. The second kappa shape index (κ2) is 9.58. The van der Waals surface area contributed by atoms with Crippen LogP contribution in [0.2, 0.25) is 0 Å². The van der Waals surface area contributed by atoms with Crippen LogP contribution in [0.25, 0.3) is 0 Å². The molecule has 2 amide bonds. The standard InChI is InChI=1S/C27H27FN2O3S/c1-18-5-2-3-8-24(18)33-17-23-22-12-14-34-25(22)11-13-29(23)26(31)16-30(21-9-10-21)27(32)19-6-4-7-20(28)15-19/h2-8,12,14-15,21,23H,9-11,13,16-17H2,1H3/t23-/m0/s1. The second-order valence-electron chi connectivity index (χ2n) is 8.90. The number of benzene rings is 2. The van der Waals surface area contributed by atoms with Crippen molar-refractivity contribution in [3.63, 3.8) is 0 Å². The van der Waals surface area contributed by atoms with E-state index < -0.39 is 5.82 Å². The van der Waals surface area contributed by atoms with Crippen molar-refractivity contribution in [3.8, 4) is 5.75 Å². The lowest BCUT2D eigenvalue weighted by atomic mass is 10.00. The van der Waals surface area contributed by atoms with E-state index >= 15 is 0 Å². The van der Waals surface area contributed by atoms with E-state index in [1.807, 2.05) is 36.1 Å². The zero-order chi connectivity index (χ0) is 23.7. The van der Waals surface area contributed by atoms with Crippen molar-refractivity contribution in [1.29, 1.82) is 0 Å². The maximum atomic E-state index is 13.7. The molecule has 0 N–H and O–H groups in total. The molecule has 3 aromatic rings. The van der Waals surface area contributed by atoms with Gasteiger partial charge in [0, 0.05) is 23.0 Å². The molecule has 1 saturated carbocycles. The Labute approximate surface area is 202 Å². The fourth-order valence-electron chi connectivity index (χ4n) is 4.54. The van der Waals surface area contributed by atoms with E-state index in [4.69, 9.17) is 4.74 Å². The normalized spacial score (nSPS) is 17.2. The Morgan fingerprint density at radius 3 is 2.74 bits per heavy atom. The van der Waals surface area contributed by atoms with E-state index in [9.17, 15) is 14.0 Å². The summed E-state index contributed by atoms with van der Waals surface area (Å²) in [7, 11) is 0. The number of hydrogen-bond acceptors (Lipinski definition) is 4. The van der Waals surface area contributed by atoms with Crippen molar-refractivity contribution in [2.45, 2.75) is 38.3 Å². The van der Waals surface area contributed by atoms with E-state index in [1.54, 1.807) is 22.3 Å². The Balaban J connectivity index is 1.35. The van der Waals surface area contributed by atoms with Gasteiger partial charge in [-0.1, -0.05) is 24.3 Å². The second-order valence-corrected chi connectivity index (χ2v) is 9.90. The lowest BCUT2D eigenvalue weighted by Gasteiger charge is -2.37. The summed E-state index contributed by atoms with van der Waals surface area (Å²) < 4.78 is 19.9. The van der Waals surface area contributed by atoms with Gasteiger partial charge in [0.25, 0.3) is 5.91 Å². The molecule has 1 atom stereocenters. The van der Waals surface area contributed by atoms with Gasteiger partial charge in [0.05, 0.1) is 6.04 Å². The highest BCUT2D eigenvalue weighted by molar-refractivity contribution is 7.10. The number of aryl methyl sites for hydroxylation is 1. The summed E-state index contributed by atoms with van der Waals surface area (Å²) >= 11 is 1.71. The number of carbonyl (C=O) groups excluding carboxylic acids is 2. The molecule has 176 valence electrons. The molecular weight excluding hydrogens is 451 g/mol. The topological polar surface area (TPSA) is 49.9 Å². The Hall–Kier alpha value is -3.19. The molecule has 2 aromatic carbocycles. The molecule has 0 spiro atoms. The SMILES string of the molecule is Cc1ccccc1OC[C@H]1c2ccsc2CCN1C(=O)CN(C(=O)c1cccc(F)c1)C1CC1. The first-order chi connectivity index (χ1) is 16.5. The van der Waals surface area contributed by atoms with Gasteiger partial charge in [-0.15, -0.1) is 11.3 Å². The molecule has 0 unspecified atom stereocenters. The Bertz CT molecular complexity index is 1210. The van der Waals surface area contributed by atoms with Gasteiger partial charge in [-0.2, -0.15) is 0 Å². The van der Waals surface area contributed by atoms with Crippen LogP contribution in [0.3, 0.4) is 0 Å². The maximum Gasteiger partial charge on any atom is 0.254 e. The van der Waals surface area contributed by atoms with Crippen LogP contribution in [0.1, 0.15) is 45.2 Å². The van der Waals surface area contributed by atoms with E-state index in [1.165, 1.54) is 23.1 Å². The van der Waals surface area contributed by atoms with Crippen LogP contribution in [0.5, 0.6) is 5.75 Å². The lowest BCUT2D eigenvalue weighted by molar-refractivity contribution is -0.135. The van der Waals surface area contributed by atoms with Crippen LogP contribution in [0, 0.1) is 12.7 Å². The number of fused-ring (bicyclic) bond motifs is 1. The van der Waals surface area contributed by atoms with Crippen LogP contribution >= 0.6 is 11.3 Å². The van der Waals surface area contributed by atoms with Gasteiger partial charge >= 0.3 is 0 Å². The molecule has 2 heterocycles. The van der Waals surface area contributed by atoms with E-state index in [0.29, 0.717) is 13.2 Å². The summed E-state index contributed by atoms with van der Waals surface area (Å²) in [6, 6.07) is 15.4. The zero-order valence-electron chi connectivity index (χ0n) is 19.1. The number of thiophene rings is 1. The van der Waals surface area contributed by atoms with Crippen molar-refractivity contribution >= 4 is 23.2 Å². The quantitative estimate of drug-likeness (QED) is 0.480. The van der Waals surface area contributed by atoms with Crippen LogP contribution < -0.4 is 4.74 Å². The number of rotatable bonds is 7. The summed E-state index contributed by atoms with van der Waals surface area (Å²) in [6.07, 6.45) is 2.52. The number of hydrogen-bond donors (Lipinski definition) is 0. The highest BCUT2D eigenvalue weighted by Crippen LogP contribution is 2.35. The molecule has 7 heteroatoms. The fraction of sp³-hybridized carbons (Fsp3) is 0.333. The van der Waals surface area contributed by atoms with Crippen molar-refractivity contribution in [1.82, 2.24) is 9.80 Å². The first-order valence-electron chi connectivity index (χ1n) is 11.6. The van der Waals surface area contributed by atoms with Gasteiger partial charge < -0.3 is 14.5 Å². The average molecular weight is 479 g/mol. The number of amides is 2. The smallest absolute Gasteiger partial charge is 0.254 e. The minimum Gasteiger partial charge on any atom is -0.491 e. The summed E-state index contributed by atoms with van der Waals surface area (Å²) in [4.78, 5) is 31.5. The predicted octanol–water partition coefficient (Wildman–Crippen LogP) is 5.01. The molecule has 1 aliphatic carbocycles. The van der Waals surface area contributed by atoms with Crippen molar-refractivity contribution < 1.29 is 18.7 Å². The third-order valence-corrected chi connectivity index (χ3v) is 7.53. The van der Waals surface area contributed by atoms with Crippen LogP contribution in [0.4, 0.5) is 4.39 Å². The third-order valence-electron chi connectivity index (χ3n) is 6.53. The minimum absolute atomic E-state index is 0.0135. The summed E-state index contributed by atoms with van der Waals surface area (Å²) in [5.41, 5.74) is 2.44. The number of nitrogens with zero attached hydrogens (tertiary/aromatic N) is 2. The van der Waals surface area contributed by atoms with E-state index in [0.717, 1.165) is 36.1 Å². The van der Waals surface area contributed by atoms with Gasteiger partial charge in [-0.3, -0.25) is 9.59 Å². The molecule has 1 aliphatic heterocycles. The molecule has 34 heavy (non-hydrogen) atoms. The van der Waals surface area contributed by atoms with Gasteiger partial charge in [-0.05, 0) is 73.0 Å². The van der Waals surface area contributed by atoms with Crippen LogP contribution in [-0.4, -0.2) is 47.4 Å². The summed E-state index contributed by atoms with van der Waals surface area (Å²) in [5, 5.41) is 2.06. The number of halogens is 1. The van der Waals surface area contributed by atoms with Gasteiger partial charge in [-0.25, -0.2) is 4.39 Å². The maximum absolute atomic E-state index is 13.7. The predicted molar refractivity (Wildman–Crippen MR) is 130 cm³/mol. The van der Waals surface area contributed by atoms with Gasteiger partial charge in [0.2, 0.25) is 5.91 Å². The van der Waals surface area contributed by atoms with Crippen LogP contribution in [-0.2, 0) is 11.2 Å². The Kier molecular flexibility index (Phi) is 6.37. The Morgan fingerprint density at radius 2 is 1.97 bits per heavy atom. The Morgan fingerprint density at radius 1 is 1.15 bits per heavy atom. The molecule has 5 nitrogen and oxygen atoms in total. The summed E-state index contributed by atoms with van der Waals surface area (Å²) in [5.74, 6) is -0.0521. The monoisotopic (exact) mass is 478 g/mol. The molecule has 0 saturated heterocycles. The first kappa shape index (κ1) is 22.6. The molecular formula is C27H27FN2O3S. The summed E-state index contributed by atoms with van der Waals surface area (Å²) in [6.45, 7) is 2.92. The van der Waals surface area contributed by atoms with Crippen molar-refractivity contribution in [3.05, 3.63) is 87.4 Å². The zero-order valence-corrected chi connectivity index (χ0v) is 19.9. The number of ether oxygens (including phenoxy) is 1. The van der Waals surface area contributed by atoms with Gasteiger partial charge in [0.15, 0.2) is 0 Å². The van der Waals surface area contributed by atoms with Crippen LogP contribution in [0.15, 0.2) is 60.0 Å². The highest BCUT2D eigenvalue weighted by atomic mass is 32.1. The molecule has 1 fully saturated rings. The molecule has 0 radical (unpaired) electrons. The molecule has 5 rings (SSSR count). The van der Waals surface area contributed by atoms with Crippen molar-refractivity contribution in [2.24, 2.45) is 0 Å². The molecule has 0 bridgehead atoms. The first-order valence-corrected chi connectivity index (χ1v) is 12.5. The van der Waals surface area contributed by atoms with E-state index in [2.05, 4.69) is 11.4 Å². The number of carbonyl (C=O) groups is 2. The van der Waals surface area contributed by atoms with E-state index in [-0.39, 0.29) is 36.0 Å². The number of para-hydroxylation sites is 1. The lowest BCUT2D eigenvalue weighted by Crippen LogP contribution is -2.48. The molecule has 1 aromatic heterocycles. The largest absolute Gasteiger partial charge is 0.491 e. The average Bonchev–Trinajstić information content (AvgIpc) is 3.57. The minimum atomic E-state index is -0.456. The molecule has 2 aliphatic rings. The van der Waals surface area contributed by atoms with Gasteiger partial charge in [0.1, 0.15) is 24.7 Å². The fourth-order valence-corrected chi connectivity index (χ4v) is 5.47. The van der Waals surface area contributed by atoms with Crippen molar-refractivity contribution in [2.75, 3.05) is 19.7 Å². The highest BCUT2D eigenvalue weighted by Gasteiger charge is 2.38.